The van der Waals surface area contributed by atoms with Crippen molar-refractivity contribution in [2.45, 2.75) is 39.2 Å². The minimum Gasteiger partial charge on any atom is -0.492 e. The highest BCUT2D eigenvalue weighted by atomic mass is 35.5. The van der Waals surface area contributed by atoms with Crippen LogP contribution in [0.3, 0.4) is 0 Å². The van der Waals surface area contributed by atoms with E-state index < -0.39 is 12.0 Å². The maximum absolute atomic E-state index is 12.2. The van der Waals surface area contributed by atoms with Crippen molar-refractivity contribution < 1.29 is 19.1 Å². The zero-order valence-electron chi connectivity index (χ0n) is 16.3. The molecule has 0 saturated heterocycles. The first-order valence-corrected chi connectivity index (χ1v) is 10.0. The van der Waals surface area contributed by atoms with Crippen molar-refractivity contribution >= 4 is 35.0 Å². The van der Waals surface area contributed by atoms with Crippen LogP contribution < -0.4 is 20.3 Å². The highest BCUT2D eigenvalue weighted by Crippen LogP contribution is 2.27. The molecular weight excluding hydrogens is 415 g/mol. The first kappa shape index (κ1) is 22.8. The number of amides is 2. The third-order valence-corrected chi connectivity index (χ3v) is 4.49. The summed E-state index contributed by atoms with van der Waals surface area (Å²) in [6.45, 7) is 4.08. The van der Waals surface area contributed by atoms with Gasteiger partial charge in [-0.1, -0.05) is 42.3 Å². The van der Waals surface area contributed by atoms with Gasteiger partial charge in [0.2, 0.25) is 5.91 Å². The molecule has 8 heteroatoms. The molecule has 2 aromatic rings. The van der Waals surface area contributed by atoms with Crippen LogP contribution in [-0.4, -0.2) is 24.5 Å². The van der Waals surface area contributed by atoms with Crippen molar-refractivity contribution in [2.24, 2.45) is 0 Å². The Morgan fingerprint density at radius 1 is 1.10 bits per heavy atom. The van der Waals surface area contributed by atoms with E-state index in [9.17, 15) is 9.59 Å². The van der Waals surface area contributed by atoms with E-state index in [0.29, 0.717) is 41.0 Å². The third-order valence-electron chi connectivity index (χ3n) is 3.96. The van der Waals surface area contributed by atoms with Crippen molar-refractivity contribution in [3.05, 3.63) is 58.1 Å². The number of hydrazine groups is 1. The van der Waals surface area contributed by atoms with Gasteiger partial charge in [0, 0.05) is 11.4 Å². The van der Waals surface area contributed by atoms with Crippen LogP contribution in [0.1, 0.15) is 31.7 Å². The zero-order chi connectivity index (χ0) is 21.2. The Labute approximate surface area is 180 Å². The van der Waals surface area contributed by atoms with Gasteiger partial charge in [-0.15, -0.1) is 0 Å². The third kappa shape index (κ3) is 7.83. The molecule has 0 spiro atoms. The average Bonchev–Trinajstić information content (AvgIpc) is 2.69. The number of carbonyl (C=O) groups is 2. The first-order chi connectivity index (χ1) is 13.9. The van der Waals surface area contributed by atoms with Crippen molar-refractivity contribution in [1.82, 2.24) is 10.9 Å². The largest absolute Gasteiger partial charge is 0.492 e. The summed E-state index contributed by atoms with van der Waals surface area (Å²) in [7, 11) is 0. The molecule has 2 N–H and O–H groups in total. The van der Waals surface area contributed by atoms with Crippen LogP contribution in [0, 0.1) is 6.92 Å². The summed E-state index contributed by atoms with van der Waals surface area (Å²) in [6.07, 6.45) is 0.400. The number of aryl methyl sites for hydroxylation is 1. The van der Waals surface area contributed by atoms with Gasteiger partial charge in [-0.3, -0.25) is 20.4 Å². The molecular formula is C21H24Cl2N2O4. The maximum atomic E-state index is 12.2. The molecule has 0 aromatic heterocycles. The topological polar surface area (TPSA) is 76.7 Å². The number of nitrogens with one attached hydrogen (secondary N) is 2. The average molecular weight is 439 g/mol. The second kappa shape index (κ2) is 11.5. The second-order valence-corrected chi connectivity index (χ2v) is 7.24. The molecule has 156 valence electrons. The Morgan fingerprint density at radius 3 is 2.59 bits per heavy atom. The lowest BCUT2D eigenvalue weighted by Gasteiger charge is -2.18. The van der Waals surface area contributed by atoms with E-state index in [4.69, 9.17) is 32.7 Å². The van der Waals surface area contributed by atoms with Gasteiger partial charge in [0.05, 0.1) is 11.6 Å². The van der Waals surface area contributed by atoms with E-state index in [1.165, 1.54) is 0 Å². The highest BCUT2D eigenvalue weighted by molar-refractivity contribution is 6.35. The number of benzene rings is 2. The van der Waals surface area contributed by atoms with E-state index in [2.05, 4.69) is 10.9 Å². The standard InChI is InChI=1S/C21H24Cl2N2O4/c1-3-18(29-16-7-4-6-14(2)12-16)21(27)25-24-20(26)8-5-11-28-19-10-9-15(22)13-17(19)23/h4,6-7,9-10,12-13,18H,3,5,8,11H2,1-2H3,(H,24,26)(H,25,27). The molecule has 0 saturated carbocycles. The van der Waals surface area contributed by atoms with E-state index in [-0.39, 0.29) is 12.3 Å². The van der Waals surface area contributed by atoms with Gasteiger partial charge < -0.3 is 9.47 Å². The van der Waals surface area contributed by atoms with Crippen LogP contribution in [0.25, 0.3) is 0 Å². The molecule has 2 amide bonds. The smallest absolute Gasteiger partial charge is 0.279 e. The summed E-state index contributed by atoms with van der Waals surface area (Å²) in [5.74, 6) is 0.376. The molecule has 1 unspecified atom stereocenters. The van der Waals surface area contributed by atoms with Crippen LogP contribution in [0.5, 0.6) is 11.5 Å². The van der Waals surface area contributed by atoms with Crippen molar-refractivity contribution in [2.75, 3.05) is 6.61 Å². The van der Waals surface area contributed by atoms with Gasteiger partial charge in [-0.25, -0.2) is 0 Å². The summed E-state index contributed by atoms with van der Waals surface area (Å²) < 4.78 is 11.2. The van der Waals surface area contributed by atoms with Crippen LogP contribution in [0.15, 0.2) is 42.5 Å². The number of rotatable bonds is 9. The first-order valence-electron chi connectivity index (χ1n) is 9.29. The fraction of sp³-hybridized carbons (Fsp3) is 0.333. The Balaban J connectivity index is 1.69. The summed E-state index contributed by atoms with van der Waals surface area (Å²) in [5, 5.41) is 0.933. The van der Waals surface area contributed by atoms with Gasteiger partial charge in [0.1, 0.15) is 11.5 Å². The zero-order valence-corrected chi connectivity index (χ0v) is 17.8. The second-order valence-electron chi connectivity index (χ2n) is 6.40. The van der Waals surface area contributed by atoms with Crippen molar-refractivity contribution in [1.29, 1.82) is 0 Å². The lowest BCUT2D eigenvalue weighted by Crippen LogP contribution is -2.47. The number of hydrogen-bond acceptors (Lipinski definition) is 4. The van der Waals surface area contributed by atoms with Crippen LogP contribution in [0.2, 0.25) is 10.0 Å². The van der Waals surface area contributed by atoms with Gasteiger partial charge in [-0.2, -0.15) is 0 Å². The molecule has 0 bridgehead atoms. The van der Waals surface area contributed by atoms with Gasteiger partial charge in [0.15, 0.2) is 6.10 Å². The number of halogens is 2. The Kier molecular flexibility index (Phi) is 9.09. The Hall–Kier alpha value is -2.44. The van der Waals surface area contributed by atoms with Gasteiger partial charge in [-0.05, 0) is 55.7 Å². The molecule has 0 heterocycles. The van der Waals surface area contributed by atoms with Crippen molar-refractivity contribution in [3.8, 4) is 11.5 Å². The maximum Gasteiger partial charge on any atom is 0.279 e. The number of ether oxygens (including phenoxy) is 2. The molecule has 0 aliphatic carbocycles. The SMILES string of the molecule is CCC(Oc1cccc(C)c1)C(=O)NNC(=O)CCCOc1ccc(Cl)cc1Cl. The Bertz CT molecular complexity index is 845. The minimum atomic E-state index is -0.701. The van der Waals surface area contributed by atoms with E-state index >= 15 is 0 Å². The monoisotopic (exact) mass is 438 g/mol. The normalized spacial score (nSPS) is 11.4. The molecule has 1 atom stereocenters. The molecule has 0 fully saturated rings. The van der Waals surface area contributed by atoms with Gasteiger partial charge in [0.25, 0.3) is 5.91 Å². The fourth-order valence-corrected chi connectivity index (χ4v) is 2.92. The van der Waals surface area contributed by atoms with E-state index in [1.54, 1.807) is 24.3 Å². The molecule has 2 aromatic carbocycles. The summed E-state index contributed by atoms with van der Waals surface area (Å²) >= 11 is 11.8. The summed E-state index contributed by atoms with van der Waals surface area (Å²) in [6, 6.07) is 12.4. The molecule has 29 heavy (non-hydrogen) atoms. The predicted molar refractivity (Wildman–Crippen MR) is 113 cm³/mol. The lowest BCUT2D eigenvalue weighted by molar-refractivity contribution is -0.133. The minimum absolute atomic E-state index is 0.182. The van der Waals surface area contributed by atoms with Crippen LogP contribution in [0.4, 0.5) is 0 Å². The molecule has 0 radical (unpaired) electrons. The van der Waals surface area contributed by atoms with E-state index in [0.717, 1.165) is 5.56 Å². The molecule has 0 aliphatic rings. The predicted octanol–water partition coefficient (Wildman–Crippen LogP) is 4.47. The molecule has 2 rings (SSSR count). The Morgan fingerprint density at radius 2 is 1.90 bits per heavy atom. The number of carbonyl (C=O) groups excluding carboxylic acids is 2. The van der Waals surface area contributed by atoms with E-state index in [1.807, 2.05) is 32.0 Å². The molecule has 0 aliphatic heterocycles. The fourth-order valence-electron chi connectivity index (χ4n) is 2.46. The quantitative estimate of drug-likeness (QED) is 0.447. The number of hydrogen-bond donors (Lipinski definition) is 2. The van der Waals surface area contributed by atoms with Crippen LogP contribution in [-0.2, 0) is 9.59 Å². The lowest BCUT2D eigenvalue weighted by atomic mass is 10.2. The van der Waals surface area contributed by atoms with Crippen LogP contribution >= 0.6 is 23.2 Å². The van der Waals surface area contributed by atoms with Gasteiger partial charge >= 0.3 is 0 Å². The highest BCUT2D eigenvalue weighted by Gasteiger charge is 2.19. The van der Waals surface area contributed by atoms with Crippen molar-refractivity contribution in [3.63, 3.8) is 0 Å². The molecule has 6 nitrogen and oxygen atoms in total. The summed E-state index contributed by atoms with van der Waals surface area (Å²) in [4.78, 5) is 24.2. The summed E-state index contributed by atoms with van der Waals surface area (Å²) in [5.41, 5.74) is 5.83.